The maximum Gasteiger partial charge on any atom is 0.270 e. The van der Waals surface area contributed by atoms with Gasteiger partial charge in [0.15, 0.2) is 10.8 Å². The van der Waals surface area contributed by atoms with Crippen LogP contribution in [0.25, 0.3) is 11.0 Å². The summed E-state index contributed by atoms with van der Waals surface area (Å²) in [4.78, 5) is 17.8. The van der Waals surface area contributed by atoms with Crippen LogP contribution >= 0.6 is 28.1 Å². The summed E-state index contributed by atoms with van der Waals surface area (Å²) in [6.45, 7) is 2.51. The van der Waals surface area contributed by atoms with E-state index in [-0.39, 0.29) is 11.0 Å². The number of carbonyl (C=O) groups excluding carboxylic acids is 1. The van der Waals surface area contributed by atoms with E-state index in [4.69, 9.17) is 17.2 Å². The molecule has 1 fully saturated rings. The number of nitrogens with one attached hydrogen (secondary N) is 3. The van der Waals surface area contributed by atoms with Crippen LogP contribution < -0.4 is 16.2 Å². The zero-order valence-corrected chi connectivity index (χ0v) is 21.1. The lowest BCUT2D eigenvalue weighted by Crippen LogP contribution is -2.43. The average molecular weight is 539 g/mol. The molecule has 0 bridgehead atoms. The van der Waals surface area contributed by atoms with Crippen molar-refractivity contribution in [2.24, 2.45) is 7.05 Å². The number of amides is 1. The van der Waals surface area contributed by atoms with E-state index in [9.17, 15) is 4.79 Å². The summed E-state index contributed by atoms with van der Waals surface area (Å²) in [7, 11) is 1.84. The molecule has 0 radical (unpaired) electrons. The molecule has 174 valence electrons. The molecule has 9 nitrogen and oxygen atoms in total. The summed E-state index contributed by atoms with van der Waals surface area (Å²) < 4.78 is 4.57. The van der Waals surface area contributed by atoms with Gasteiger partial charge in [-0.05, 0) is 55.7 Å². The van der Waals surface area contributed by atoms with E-state index < -0.39 is 0 Å². The lowest BCUT2D eigenvalue weighted by molar-refractivity contribution is 0.0945. The van der Waals surface area contributed by atoms with Crippen molar-refractivity contribution >= 4 is 55.9 Å². The van der Waals surface area contributed by atoms with Gasteiger partial charge in [0.05, 0.1) is 35.1 Å². The van der Waals surface area contributed by atoms with Crippen molar-refractivity contribution in [1.82, 2.24) is 35.4 Å². The highest BCUT2D eigenvalue weighted by Crippen LogP contribution is 2.40. The van der Waals surface area contributed by atoms with Gasteiger partial charge < -0.3 is 5.32 Å². The van der Waals surface area contributed by atoms with E-state index in [1.54, 1.807) is 10.9 Å². The Kier molecular flexibility index (Phi) is 6.05. The third kappa shape index (κ3) is 4.80. The highest BCUT2D eigenvalue weighted by atomic mass is 79.9. The largest absolute Gasteiger partial charge is 0.329 e. The number of hydrogen-bond acceptors (Lipinski definition) is 5. The smallest absolute Gasteiger partial charge is 0.270 e. The van der Waals surface area contributed by atoms with Crippen molar-refractivity contribution < 1.29 is 4.79 Å². The predicted octanol–water partition coefficient (Wildman–Crippen LogP) is 3.79. The summed E-state index contributed by atoms with van der Waals surface area (Å²) in [5, 5.41) is 12.9. The first-order valence-corrected chi connectivity index (χ1v) is 12.1. The molecule has 34 heavy (non-hydrogen) atoms. The first kappa shape index (κ1) is 22.5. The van der Waals surface area contributed by atoms with Crippen LogP contribution in [0.15, 0.2) is 47.2 Å². The highest BCUT2D eigenvalue weighted by Gasteiger charge is 2.28. The Hall–Kier alpha value is -3.31. The van der Waals surface area contributed by atoms with E-state index in [0.29, 0.717) is 29.4 Å². The number of benzene rings is 1. The fourth-order valence-corrected chi connectivity index (χ4v) is 4.30. The van der Waals surface area contributed by atoms with Crippen molar-refractivity contribution in [2.75, 3.05) is 5.32 Å². The number of rotatable bonds is 5. The number of pyridine rings is 1. The Morgan fingerprint density at radius 1 is 1.24 bits per heavy atom. The molecule has 11 heteroatoms. The van der Waals surface area contributed by atoms with E-state index in [2.05, 4.69) is 42.3 Å². The zero-order chi connectivity index (χ0) is 23.8. The number of hydrazine groups is 1. The van der Waals surface area contributed by atoms with Crippen LogP contribution in [-0.4, -0.2) is 35.6 Å². The Bertz CT molecular complexity index is 1390. The van der Waals surface area contributed by atoms with Crippen molar-refractivity contribution in [3.05, 3.63) is 69.7 Å². The van der Waals surface area contributed by atoms with Gasteiger partial charge in [0.2, 0.25) is 0 Å². The Balaban J connectivity index is 1.23. The monoisotopic (exact) mass is 538 g/mol. The summed E-state index contributed by atoms with van der Waals surface area (Å²) in [6.07, 6.45) is 5.73. The Labute approximate surface area is 210 Å². The number of anilines is 1. The second kappa shape index (κ2) is 9.15. The van der Waals surface area contributed by atoms with Crippen LogP contribution in [0.1, 0.15) is 46.1 Å². The molecular weight excluding hydrogens is 516 g/mol. The maximum atomic E-state index is 13.1. The van der Waals surface area contributed by atoms with Crippen LogP contribution in [0.3, 0.4) is 0 Å². The summed E-state index contributed by atoms with van der Waals surface area (Å²) in [6, 6.07) is 9.94. The molecule has 1 amide bonds. The first-order chi connectivity index (χ1) is 16.4. The molecular formula is C23H23BrN8OS. The lowest BCUT2D eigenvalue weighted by Gasteiger charge is -2.12. The number of hydrogen-bond donors (Lipinski definition) is 3. The molecule has 1 saturated carbocycles. The quantitative estimate of drug-likeness (QED) is 0.262. The molecule has 0 unspecified atom stereocenters. The van der Waals surface area contributed by atoms with Crippen molar-refractivity contribution in [2.45, 2.75) is 32.2 Å². The second-order valence-corrected chi connectivity index (χ2v) is 9.69. The summed E-state index contributed by atoms with van der Waals surface area (Å²) in [5.74, 6) is 0.122. The van der Waals surface area contributed by atoms with Gasteiger partial charge in [0.1, 0.15) is 0 Å². The lowest BCUT2D eigenvalue weighted by atomic mass is 10.1. The fraction of sp³-hybridized carbons (Fsp3) is 0.261. The van der Waals surface area contributed by atoms with E-state index in [0.717, 1.165) is 39.7 Å². The number of thiocarbonyl (C=S) groups is 1. The SMILES string of the molecule is Cc1nn(C)c2nc(C3CC3)cc(C(=O)NNC(=S)Nc3cnn(Cc4ccc(Br)cc4)c3)c12. The van der Waals surface area contributed by atoms with Crippen LogP contribution in [0, 0.1) is 6.92 Å². The van der Waals surface area contributed by atoms with Gasteiger partial charge >= 0.3 is 0 Å². The first-order valence-electron chi connectivity index (χ1n) is 10.9. The molecule has 1 aromatic carbocycles. The van der Waals surface area contributed by atoms with Crippen molar-refractivity contribution in [3.63, 3.8) is 0 Å². The van der Waals surface area contributed by atoms with Gasteiger partial charge in [0.25, 0.3) is 5.91 Å². The molecule has 0 aliphatic heterocycles. The molecule has 4 aromatic rings. The topological polar surface area (TPSA) is 102 Å². The molecule has 0 atom stereocenters. The van der Waals surface area contributed by atoms with Crippen LogP contribution in [0.2, 0.25) is 0 Å². The number of aromatic nitrogens is 5. The molecule has 1 aliphatic rings. The minimum absolute atomic E-state index is 0.257. The molecule has 5 rings (SSSR count). The molecule has 3 aromatic heterocycles. The summed E-state index contributed by atoms with van der Waals surface area (Å²) in [5.41, 5.74) is 10.3. The Morgan fingerprint density at radius 2 is 2.00 bits per heavy atom. The van der Waals surface area contributed by atoms with Gasteiger partial charge in [0, 0.05) is 29.3 Å². The minimum atomic E-state index is -0.291. The number of carbonyl (C=O) groups is 1. The van der Waals surface area contributed by atoms with Crippen LogP contribution in [0.5, 0.6) is 0 Å². The normalized spacial score (nSPS) is 13.1. The van der Waals surface area contributed by atoms with Crippen molar-refractivity contribution in [1.29, 1.82) is 0 Å². The van der Waals surface area contributed by atoms with Gasteiger partial charge in [-0.2, -0.15) is 10.2 Å². The van der Waals surface area contributed by atoms with Crippen LogP contribution in [0.4, 0.5) is 5.69 Å². The van der Waals surface area contributed by atoms with E-state index in [1.165, 1.54) is 0 Å². The standard InChI is InChI=1S/C23H23BrN8OS/c1-13-20-18(9-19(15-5-6-15)27-21(20)31(2)30-13)22(33)28-29-23(34)26-17-10-25-32(12-17)11-14-3-7-16(24)8-4-14/h3-4,7-10,12,15H,5-6,11H2,1-2H3,(H,28,33)(H2,26,29,34). The van der Waals surface area contributed by atoms with Gasteiger partial charge in [-0.3, -0.25) is 25.0 Å². The molecule has 1 aliphatic carbocycles. The average Bonchev–Trinajstić information content (AvgIpc) is 3.52. The van der Waals surface area contributed by atoms with Crippen LogP contribution in [-0.2, 0) is 13.6 Å². The molecule has 3 heterocycles. The second-order valence-electron chi connectivity index (χ2n) is 8.36. The van der Waals surface area contributed by atoms with Gasteiger partial charge in [-0.25, -0.2) is 4.98 Å². The van der Waals surface area contributed by atoms with E-state index >= 15 is 0 Å². The Morgan fingerprint density at radius 3 is 2.74 bits per heavy atom. The third-order valence-electron chi connectivity index (χ3n) is 5.67. The maximum absolute atomic E-state index is 13.1. The number of halogens is 1. The molecule has 0 spiro atoms. The summed E-state index contributed by atoms with van der Waals surface area (Å²) >= 11 is 8.79. The minimum Gasteiger partial charge on any atom is -0.329 e. The fourth-order valence-electron chi connectivity index (χ4n) is 3.87. The van der Waals surface area contributed by atoms with Gasteiger partial charge in [-0.15, -0.1) is 0 Å². The van der Waals surface area contributed by atoms with Crippen molar-refractivity contribution in [3.8, 4) is 0 Å². The predicted molar refractivity (Wildman–Crippen MR) is 138 cm³/mol. The number of nitrogens with zero attached hydrogens (tertiary/aromatic N) is 5. The van der Waals surface area contributed by atoms with Gasteiger partial charge in [-0.1, -0.05) is 28.1 Å². The zero-order valence-electron chi connectivity index (χ0n) is 18.7. The molecule has 3 N–H and O–H groups in total. The molecule has 0 saturated heterocycles. The van der Waals surface area contributed by atoms with E-state index in [1.807, 2.05) is 55.2 Å². The highest BCUT2D eigenvalue weighted by molar-refractivity contribution is 9.10. The number of fused-ring (bicyclic) bond motifs is 1. The number of aryl methyl sites for hydroxylation is 2. The third-order valence-corrected chi connectivity index (χ3v) is 6.40.